The van der Waals surface area contributed by atoms with Crippen LogP contribution < -0.4 is 9.47 Å². The van der Waals surface area contributed by atoms with Crippen molar-refractivity contribution in [3.05, 3.63) is 59.7 Å². The second-order valence-electron chi connectivity index (χ2n) is 5.32. The maximum absolute atomic E-state index is 11.7. The lowest BCUT2D eigenvalue weighted by molar-refractivity contribution is -0.136. The molecule has 1 N–H and O–H groups in total. The molecular weight excluding hydrogens is 296 g/mol. The van der Waals surface area contributed by atoms with Crippen molar-refractivity contribution in [3.8, 4) is 11.5 Å². The molecule has 23 heavy (non-hydrogen) atoms. The Balaban J connectivity index is 1.86. The number of ether oxygens (including phenoxy) is 2. The summed E-state index contributed by atoms with van der Waals surface area (Å²) in [5.74, 6) is -0.286. The first kappa shape index (κ1) is 16.5. The van der Waals surface area contributed by atoms with Crippen LogP contribution in [0.15, 0.2) is 48.5 Å². The monoisotopic (exact) mass is 314 g/mol. The Hall–Kier alpha value is -2.82. The summed E-state index contributed by atoms with van der Waals surface area (Å²) in [6.45, 7) is 3.98. The number of rotatable bonds is 6. The average molecular weight is 314 g/mol. The standard InChI is InChI=1S/C18H18O5/c1-12(2)13-3-7-15(8-4-13)22-11-17(19)23-16-9-5-14(6-10-16)18(20)21/h3-10,12H,11H2,1-2H3,(H,20,21). The van der Waals surface area contributed by atoms with Crippen LogP contribution in [0.4, 0.5) is 0 Å². The van der Waals surface area contributed by atoms with Crippen molar-refractivity contribution in [2.75, 3.05) is 6.61 Å². The minimum Gasteiger partial charge on any atom is -0.482 e. The Bertz CT molecular complexity index is 672. The second-order valence-corrected chi connectivity index (χ2v) is 5.32. The largest absolute Gasteiger partial charge is 0.482 e. The van der Waals surface area contributed by atoms with Crippen LogP contribution in [0, 0.1) is 0 Å². The van der Waals surface area contributed by atoms with E-state index in [0.717, 1.165) is 0 Å². The molecule has 0 radical (unpaired) electrons. The lowest BCUT2D eigenvalue weighted by Crippen LogP contribution is -2.17. The molecule has 0 aliphatic carbocycles. The zero-order valence-electron chi connectivity index (χ0n) is 13.0. The van der Waals surface area contributed by atoms with Crippen LogP contribution in [0.1, 0.15) is 35.7 Å². The van der Waals surface area contributed by atoms with Crippen LogP contribution in [0.3, 0.4) is 0 Å². The summed E-state index contributed by atoms with van der Waals surface area (Å²) >= 11 is 0. The highest BCUT2D eigenvalue weighted by Gasteiger charge is 2.08. The Morgan fingerprint density at radius 2 is 1.52 bits per heavy atom. The molecule has 0 spiro atoms. The molecular formula is C18H18O5. The number of esters is 1. The number of carboxylic acid groups (broad SMARTS) is 1. The molecule has 0 saturated carbocycles. The highest BCUT2D eigenvalue weighted by Crippen LogP contribution is 2.18. The molecule has 0 aliphatic rings. The molecule has 0 heterocycles. The summed E-state index contributed by atoms with van der Waals surface area (Å²) in [7, 11) is 0. The summed E-state index contributed by atoms with van der Waals surface area (Å²) in [4.78, 5) is 22.4. The van der Waals surface area contributed by atoms with Crippen LogP contribution in [0.2, 0.25) is 0 Å². The fraction of sp³-hybridized carbons (Fsp3) is 0.222. The maximum atomic E-state index is 11.7. The normalized spacial score (nSPS) is 10.4. The van der Waals surface area contributed by atoms with Crippen molar-refractivity contribution < 1.29 is 24.2 Å². The predicted octanol–water partition coefficient (Wildman–Crippen LogP) is 3.49. The minimum absolute atomic E-state index is 0.131. The molecule has 5 nitrogen and oxygen atoms in total. The molecule has 0 amide bonds. The van der Waals surface area contributed by atoms with Crippen LogP contribution in [-0.4, -0.2) is 23.7 Å². The van der Waals surface area contributed by atoms with Crippen LogP contribution >= 0.6 is 0 Å². The van der Waals surface area contributed by atoms with Crippen molar-refractivity contribution in [1.29, 1.82) is 0 Å². The molecule has 0 fully saturated rings. The smallest absolute Gasteiger partial charge is 0.349 e. The van der Waals surface area contributed by atoms with Gasteiger partial charge in [0.15, 0.2) is 6.61 Å². The van der Waals surface area contributed by atoms with Gasteiger partial charge >= 0.3 is 11.9 Å². The quantitative estimate of drug-likeness (QED) is 0.652. The Morgan fingerprint density at radius 3 is 2.04 bits per heavy atom. The van der Waals surface area contributed by atoms with Gasteiger partial charge < -0.3 is 14.6 Å². The third-order valence-electron chi connectivity index (χ3n) is 3.24. The fourth-order valence-corrected chi connectivity index (χ4v) is 1.92. The summed E-state index contributed by atoms with van der Waals surface area (Å²) in [6, 6.07) is 13.1. The third-order valence-corrected chi connectivity index (χ3v) is 3.24. The van der Waals surface area contributed by atoms with E-state index in [-0.39, 0.29) is 17.9 Å². The van der Waals surface area contributed by atoms with Crippen molar-refractivity contribution in [3.63, 3.8) is 0 Å². The second kappa shape index (κ2) is 7.45. The van der Waals surface area contributed by atoms with E-state index in [4.69, 9.17) is 14.6 Å². The van der Waals surface area contributed by atoms with Crippen molar-refractivity contribution >= 4 is 11.9 Å². The minimum atomic E-state index is -1.03. The van der Waals surface area contributed by atoms with E-state index in [1.165, 1.54) is 29.8 Å². The van der Waals surface area contributed by atoms with Gasteiger partial charge in [0.05, 0.1) is 5.56 Å². The van der Waals surface area contributed by atoms with Crippen LogP contribution in [0.25, 0.3) is 0 Å². The number of carbonyl (C=O) groups excluding carboxylic acids is 1. The van der Waals surface area contributed by atoms with E-state index in [1.54, 1.807) is 0 Å². The van der Waals surface area contributed by atoms with Gasteiger partial charge in [-0.1, -0.05) is 26.0 Å². The molecule has 120 valence electrons. The molecule has 0 aromatic heterocycles. The molecule has 2 aromatic carbocycles. The van der Waals surface area contributed by atoms with Gasteiger partial charge in [0, 0.05) is 0 Å². The van der Waals surface area contributed by atoms with Gasteiger partial charge in [-0.2, -0.15) is 0 Å². The zero-order chi connectivity index (χ0) is 16.8. The lowest BCUT2D eigenvalue weighted by atomic mass is 10.0. The number of carbonyl (C=O) groups is 2. The first-order chi connectivity index (χ1) is 11.0. The highest BCUT2D eigenvalue weighted by molar-refractivity contribution is 5.87. The van der Waals surface area contributed by atoms with Gasteiger partial charge in [0.1, 0.15) is 11.5 Å². The predicted molar refractivity (Wildman–Crippen MR) is 85.1 cm³/mol. The summed E-state index contributed by atoms with van der Waals surface area (Å²) < 4.78 is 10.4. The van der Waals surface area contributed by atoms with Gasteiger partial charge in [-0.3, -0.25) is 0 Å². The van der Waals surface area contributed by atoms with E-state index in [9.17, 15) is 9.59 Å². The first-order valence-electron chi connectivity index (χ1n) is 7.22. The zero-order valence-corrected chi connectivity index (χ0v) is 13.0. The van der Waals surface area contributed by atoms with E-state index >= 15 is 0 Å². The topological polar surface area (TPSA) is 72.8 Å². The van der Waals surface area contributed by atoms with Gasteiger partial charge in [-0.05, 0) is 47.9 Å². The molecule has 0 saturated heterocycles. The number of aromatic carboxylic acids is 1. The number of carboxylic acids is 1. The fourth-order valence-electron chi connectivity index (χ4n) is 1.92. The summed E-state index contributed by atoms with van der Waals surface area (Å²) in [5.41, 5.74) is 1.32. The Kier molecular flexibility index (Phi) is 5.36. The van der Waals surface area contributed by atoms with E-state index in [1.807, 2.05) is 24.3 Å². The van der Waals surface area contributed by atoms with E-state index in [0.29, 0.717) is 11.7 Å². The highest BCUT2D eigenvalue weighted by atomic mass is 16.6. The maximum Gasteiger partial charge on any atom is 0.349 e. The third kappa shape index (κ3) is 4.85. The van der Waals surface area contributed by atoms with Gasteiger partial charge in [-0.15, -0.1) is 0 Å². The summed E-state index contributed by atoms with van der Waals surface area (Å²) in [6.07, 6.45) is 0. The van der Waals surface area contributed by atoms with Crippen molar-refractivity contribution in [2.24, 2.45) is 0 Å². The molecule has 0 aliphatic heterocycles. The van der Waals surface area contributed by atoms with Gasteiger partial charge in [0.25, 0.3) is 0 Å². The number of benzene rings is 2. The van der Waals surface area contributed by atoms with E-state index in [2.05, 4.69) is 13.8 Å². The van der Waals surface area contributed by atoms with Crippen molar-refractivity contribution in [2.45, 2.75) is 19.8 Å². The molecule has 5 heteroatoms. The van der Waals surface area contributed by atoms with E-state index < -0.39 is 11.9 Å². The van der Waals surface area contributed by atoms with Crippen molar-refractivity contribution in [1.82, 2.24) is 0 Å². The molecule has 2 rings (SSSR count). The average Bonchev–Trinajstić information content (AvgIpc) is 2.54. The Labute approximate surface area is 134 Å². The molecule has 0 bridgehead atoms. The number of hydrogen-bond acceptors (Lipinski definition) is 4. The Morgan fingerprint density at radius 1 is 0.957 bits per heavy atom. The lowest BCUT2D eigenvalue weighted by Gasteiger charge is -2.09. The first-order valence-corrected chi connectivity index (χ1v) is 7.22. The van der Waals surface area contributed by atoms with Crippen LogP contribution in [0.5, 0.6) is 11.5 Å². The van der Waals surface area contributed by atoms with Gasteiger partial charge in [0.2, 0.25) is 0 Å². The van der Waals surface area contributed by atoms with Gasteiger partial charge in [-0.25, -0.2) is 9.59 Å². The molecule has 2 aromatic rings. The molecule has 0 unspecified atom stereocenters. The SMILES string of the molecule is CC(C)c1ccc(OCC(=O)Oc2ccc(C(=O)O)cc2)cc1. The van der Waals surface area contributed by atoms with Crippen LogP contribution in [-0.2, 0) is 4.79 Å². The summed E-state index contributed by atoms with van der Waals surface area (Å²) in [5, 5.41) is 8.79. The number of hydrogen-bond donors (Lipinski definition) is 1. The molecule has 0 atom stereocenters.